The number of furan rings is 1. The lowest BCUT2D eigenvalue weighted by Crippen LogP contribution is -2.32. The number of aromatic carboxylic acids is 1. The standard InChI is InChI=1S/C24H17N3O7/c1-33-14-7-4-12(5-8-14)19-18(20(28)17-3-2-10-34-17)21(29)22(30)27(19)24-25-15-9-6-13(23(31)32)11-16(15)26-24/h2-11,19,29H,1H3,(H,25,26)(H,31,32). The number of hydrogen-bond acceptors (Lipinski definition) is 7. The van der Waals surface area contributed by atoms with Gasteiger partial charge in [0.1, 0.15) is 5.75 Å². The molecule has 0 aliphatic carbocycles. The Hall–Kier alpha value is -4.86. The second-order valence-corrected chi connectivity index (χ2v) is 7.52. The third-order valence-corrected chi connectivity index (χ3v) is 5.57. The number of aliphatic hydroxyl groups excluding tert-OH is 1. The van der Waals surface area contributed by atoms with Gasteiger partial charge in [0, 0.05) is 0 Å². The number of carbonyl (C=O) groups is 3. The first-order valence-electron chi connectivity index (χ1n) is 10.1. The molecule has 0 saturated carbocycles. The molecule has 2 aromatic carbocycles. The van der Waals surface area contributed by atoms with Crippen molar-refractivity contribution in [2.75, 3.05) is 12.0 Å². The number of aromatic amines is 1. The Kier molecular flexibility index (Phi) is 4.90. The number of nitrogens with one attached hydrogen (secondary N) is 1. The number of carboxylic acids is 1. The number of amides is 1. The van der Waals surface area contributed by atoms with E-state index in [2.05, 4.69) is 9.97 Å². The largest absolute Gasteiger partial charge is 0.503 e. The van der Waals surface area contributed by atoms with Crippen molar-refractivity contribution in [3.8, 4) is 5.75 Å². The number of fused-ring (bicyclic) bond motifs is 1. The van der Waals surface area contributed by atoms with Crippen LogP contribution in [0.15, 0.2) is 76.6 Å². The van der Waals surface area contributed by atoms with E-state index in [1.807, 2.05) is 0 Å². The second kappa shape index (κ2) is 7.93. The molecule has 0 fully saturated rings. The van der Waals surface area contributed by atoms with Gasteiger partial charge in [-0.3, -0.25) is 14.5 Å². The van der Waals surface area contributed by atoms with E-state index < -0.39 is 29.5 Å². The molecule has 10 nitrogen and oxygen atoms in total. The summed E-state index contributed by atoms with van der Waals surface area (Å²) < 4.78 is 10.4. The lowest BCUT2D eigenvalue weighted by molar-refractivity contribution is -0.117. The topological polar surface area (TPSA) is 146 Å². The van der Waals surface area contributed by atoms with E-state index in [1.165, 1.54) is 43.7 Å². The lowest BCUT2D eigenvalue weighted by Gasteiger charge is -2.24. The van der Waals surface area contributed by atoms with Crippen LogP contribution in [-0.4, -0.2) is 45.0 Å². The molecule has 170 valence electrons. The number of aliphatic hydroxyl groups is 1. The Morgan fingerprint density at radius 3 is 2.56 bits per heavy atom. The molecule has 3 heterocycles. The Balaban J connectivity index is 1.66. The molecule has 2 aromatic heterocycles. The fourth-order valence-electron chi connectivity index (χ4n) is 3.94. The number of ether oxygens (including phenoxy) is 1. The molecule has 1 aliphatic heterocycles. The predicted octanol–water partition coefficient (Wildman–Crippen LogP) is 3.65. The van der Waals surface area contributed by atoms with E-state index in [9.17, 15) is 24.6 Å². The van der Waals surface area contributed by atoms with Gasteiger partial charge < -0.3 is 24.4 Å². The number of hydrogen-bond donors (Lipinski definition) is 3. The Morgan fingerprint density at radius 2 is 1.91 bits per heavy atom. The van der Waals surface area contributed by atoms with Crippen LogP contribution in [0.25, 0.3) is 11.0 Å². The summed E-state index contributed by atoms with van der Waals surface area (Å²) in [4.78, 5) is 46.3. The third kappa shape index (κ3) is 3.28. The van der Waals surface area contributed by atoms with Crippen LogP contribution in [0, 0.1) is 0 Å². The lowest BCUT2D eigenvalue weighted by atomic mass is 9.95. The monoisotopic (exact) mass is 459 g/mol. The zero-order chi connectivity index (χ0) is 24.0. The molecule has 3 N–H and O–H groups in total. The minimum Gasteiger partial charge on any atom is -0.503 e. The maximum Gasteiger partial charge on any atom is 0.335 e. The average molecular weight is 459 g/mol. The average Bonchev–Trinajstić information content (AvgIpc) is 3.57. The Bertz CT molecular complexity index is 1470. The van der Waals surface area contributed by atoms with Gasteiger partial charge in [-0.25, -0.2) is 9.78 Å². The maximum absolute atomic E-state index is 13.2. The quantitative estimate of drug-likeness (QED) is 0.370. The molecule has 1 unspecified atom stereocenters. The van der Waals surface area contributed by atoms with Crippen LogP contribution < -0.4 is 9.64 Å². The zero-order valence-corrected chi connectivity index (χ0v) is 17.7. The fourth-order valence-corrected chi connectivity index (χ4v) is 3.94. The molecule has 5 rings (SSSR count). The van der Waals surface area contributed by atoms with Crippen molar-refractivity contribution in [2.45, 2.75) is 6.04 Å². The number of Topliss-reactive ketones (excluding diaryl/α,β-unsaturated/α-hetero) is 1. The molecular weight excluding hydrogens is 442 g/mol. The summed E-state index contributed by atoms with van der Waals surface area (Å²) in [6, 6.07) is 12.9. The van der Waals surface area contributed by atoms with Gasteiger partial charge in [0.25, 0.3) is 5.91 Å². The normalized spacial score (nSPS) is 15.9. The first kappa shape index (κ1) is 21.0. The maximum atomic E-state index is 13.2. The van der Waals surface area contributed by atoms with Gasteiger partial charge in [-0.2, -0.15) is 0 Å². The number of aromatic nitrogens is 2. The van der Waals surface area contributed by atoms with Crippen LogP contribution >= 0.6 is 0 Å². The van der Waals surface area contributed by atoms with E-state index in [0.29, 0.717) is 22.3 Å². The van der Waals surface area contributed by atoms with Crippen LogP contribution in [0.5, 0.6) is 5.75 Å². The molecule has 1 aliphatic rings. The highest BCUT2D eigenvalue weighted by Crippen LogP contribution is 2.41. The highest BCUT2D eigenvalue weighted by molar-refractivity contribution is 6.20. The van der Waals surface area contributed by atoms with Crippen molar-refractivity contribution in [3.63, 3.8) is 0 Å². The minimum atomic E-state index is -1.11. The highest BCUT2D eigenvalue weighted by Gasteiger charge is 2.46. The third-order valence-electron chi connectivity index (χ3n) is 5.57. The van der Waals surface area contributed by atoms with E-state index in [1.54, 1.807) is 24.3 Å². The number of ketones is 1. The van der Waals surface area contributed by atoms with Crippen molar-refractivity contribution >= 4 is 34.6 Å². The van der Waals surface area contributed by atoms with Crippen LogP contribution in [0.1, 0.15) is 32.5 Å². The highest BCUT2D eigenvalue weighted by atomic mass is 16.5. The first-order chi connectivity index (χ1) is 16.4. The molecule has 10 heteroatoms. The van der Waals surface area contributed by atoms with E-state index in [0.717, 1.165) is 4.90 Å². The molecule has 1 amide bonds. The van der Waals surface area contributed by atoms with Crippen molar-refractivity contribution < 1.29 is 33.8 Å². The molecule has 0 saturated heterocycles. The smallest absolute Gasteiger partial charge is 0.335 e. The molecule has 4 aromatic rings. The Morgan fingerprint density at radius 1 is 1.15 bits per heavy atom. The van der Waals surface area contributed by atoms with Crippen molar-refractivity contribution in [2.24, 2.45) is 0 Å². The number of anilines is 1. The number of H-pyrrole nitrogens is 1. The van der Waals surface area contributed by atoms with Gasteiger partial charge in [0.05, 0.1) is 41.6 Å². The molecule has 0 radical (unpaired) electrons. The van der Waals surface area contributed by atoms with Crippen LogP contribution in [0.4, 0.5) is 5.95 Å². The fraction of sp³-hybridized carbons (Fsp3) is 0.0833. The van der Waals surface area contributed by atoms with Crippen LogP contribution in [0.3, 0.4) is 0 Å². The van der Waals surface area contributed by atoms with Crippen LogP contribution in [-0.2, 0) is 4.79 Å². The van der Waals surface area contributed by atoms with Crippen molar-refractivity contribution in [1.29, 1.82) is 0 Å². The van der Waals surface area contributed by atoms with Gasteiger partial charge in [-0.15, -0.1) is 0 Å². The summed E-state index contributed by atoms with van der Waals surface area (Å²) >= 11 is 0. The van der Waals surface area contributed by atoms with Gasteiger partial charge >= 0.3 is 5.97 Å². The SMILES string of the molecule is COc1ccc(C2C(C(=O)c3ccco3)=C(O)C(=O)N2c2nc3ccc(C(=O)O)cc3[nH]2)cc1. The number of methoxy groups -OCH3 is 1. The van der Waals surface area contributed by atoms with Crippen molar-refractivity contribution in [3.05, 3.63) is 89.1 Å². The summed E-state index contributed by atoms with van der Waals surface area (Å²) in [6.45, 7) is 0. The molecule has 0 spiro atoms. The van der Waals surface area contributed by atoms with E-state index in [-0.39, 0.29) is 22.8 Å². The summed E-state index contributed by atoms with van der Waals surface area (Å²) in [7, 11) is 1.51. The van der Waals surface area contributed by atoms with Crippen LogP contribution in [0.2, 0.25) is 0 Å². The van der Waals surface area contributed by atoms with Gasteiger partial charge in [-0.05, 0) is 48.0 Å². The number of carbonyl (C=O) groups excluding carboxylic acids is 2. The molecule has 34 heavy (non-hydrogen) atoms. The number of nitrogens with zero attached hydrogens (tertiary/aromatic N) is 2. The van der Waals surface area contributed by atoms with Crippen molar-refractivity contribution in [1.82, 2.24) is 9.97 Å². The first-order valence-corrected chi connectivity index (χ1v) is 10.1. The molecular formula is C24H17N3O7. The zero-order valence-electron chi connectivity index (χ0n) is 17.7. The number of rotatable bonds is 6. The number of benzene rings is 2. The van der Waals surface area contributed by atoms with Gasteiger partial charge in [0.15, 0.2) is 11.5 Å². The van der Waals surface area contributed by atoms with E-state index in [4.69, 9.17) is 9.15 Å². The second-order valence-electron chi connectivity index (χ2n) is 7.52. The predicted molar refractivity (Wildman–Crippen MR) is 119 cm³/mol. The number of carboxylic acid groups (broad SMARTS) is 1. The Labute approximate surface area is 191 Å². The van der Waals surface area contributed by atoms with Gasteiger partial charge in [-0.1, -0.05) is 12.1 Å². The minimum absolute atomic E-state index is 0.0367. The van der Waals surface area contributed by atoms with E-state index >= 15 is 0 Å². The summed E-state index contributed by atoms with van der Waals surface area (Å²) in [5.74, 6) is -2.76. The summed E-state index contributed by atoms with van der Waals surface area (Å²) in [5, 5.41) is 20.0. The summed E-state index contributed by atoms with van der Waals surface area (Å²) in [5.41, 5.74) is 1.17. The summed E-state index contributed by atoms with van der Waals surface area (Å²) in [6.07, 6.45) is 1.32. The molecule has 0 bridgehead atoms. The number of imidazole rings is 1. The molecule has 1 atom stereocenters. The van der Waals surface area contributed by atoms with Gasteiger partial charge in [0.2, 0.25) is 11.7 Å².